The van der Waals surface area contributed by atoms with Crippen LogP contribution in [0.3, 0.4) is 0 Å². The Kier molecular flexibility index (Phi) is 3.24. The molecule has 0 N–H and O–H groups in total. The number of aromatic nitrogens is 1. The lowest BCUT2D eigenvalue weighted by atomic mass is 10.1. The van der Waals surface area contributed by atoms with Crippen molar-refractivity contribution in [3.63, 3.8) is 0 Å². The molecule has 0 fully saturated rings. The largest absolute Gasteiger partial charge is 0.435 e. The molecule has 0 radical (unpaired) electrons. The maximum Gasteiger partial charge on any atom is 0.238 e. The van der Waals surface area contributed by atoms with Crippen molar-refractivity contribution in [3.05, 3.63) is 65.0 Å². The first-order valence-corrected chi connectivity index (χ1v) is 6.37. The minimum Gasteiger partial charge on any atom is -0.435 e. The maximum atomic E-state index is 9.28. The predicted molar refractivity (Wildman–Crippen MR) is 78.9 cm³/mol. The van der Waals surface area contributed by atoms with Gasteiger partial charge in [0, 0.05) is 5.02 Å². The third kappa shape index (κ3) is 2.42. The van der Waals surface area contributed by atoms with Gasteiger partial charge in [0.2, 0.25) is 5.89 Å². The van der Waals surface area contributed by atoms with Crippen molar-refractivity contribution in [3.8, 4) is 6.07 Å². The van der Waals surface area contributed by atoms with Gasteiger partial charge in [-0.25, -0.2) is 4.98 Å². The van der Waals surface area contributed by atoms with Crippen molar-refractivity contribution in [1.82, 2.24) is 4.98 Å². The summed E-state index contributed by atoms with van der Waals surface area (Å²) in [6, 6.07) is 16.8. The van der Waals surface area contributed by atoms with Gasteiger partial charge in [-0.1, -0.05) is 35.9 Å². The minimum absolute atomic E-state index is 0.314. The van der Waals surface area contributed by atoms with Crippen LogP contribution >= 0.6 is 11.6 Å². The van der Waals surface area contributed by atoms with Gasteiger partial charge in [0.25, 0.3) is 0 Å². The molecule has 0 saturated heterocycles. The van der Waals surface area contributed by atoms with E-state index in [1.54, 1.807) is 18.2 Å². The number of fused-ring (bicyclic) bond motifs is 1. The van der Waals surface area contributed by atoms with Crippen molar-refractivity contribution in [2.45, 2.75) is 0 Å². The van der Waals surface area contributed by atoms with Crippen LogP contribution in [0.1, 0.15) is 11.5 Å². The number of para-hydroxylation sites is 2. The Bertz CT molecular complexity index is 810. The second kappa shape index (κ2) is 5.20. The van der Waals surface area contributed by atoms with Crippen LogP contribution in [0.15, 0.2) is 52.9 Å². The zero-order chi connectivity index (χ0) is 13.9. The van der Waals surface area contributed by atoms with E-state index in [-0.39, 0.29) is 0 Å². The summed E-state index contributed by atoms with van der Waals surface area (Å²) < 4.78 is 5.59. The fourth-order valence-corrected chi connectivity index (χ4v) is 2.09. The molecule has 1 aromatic heterocycles. The van der Waals surface area contributed by atoms with E-state index in [4.69, 9.17) is 16.0 Å². The third-order valence-electron chi connectivity index (χ3n) is 2.80. The van der Waals surface area contributed by atoms with Gasteiger partial charge in [-0.3, -0.25) is 0 Å². The zero-order valence-electron chi connectivity index (χ0n) is 10.4. The standard InChI is InChI=1S/C16H9ClN2O/c17-13-5-3-4-11(9-13)8-12(10-18)16-19-14-6-1-2-7-15(14)20-16/h1-9H/b12-8+. The number of oxazole rings is 1. The summed E-state index contributed by atoms with van der Waals surface area (Å²) in [5, 5.41) is 9.90. The number of hydrogen-bond acceptors (Lipinski definition) is 3. The second-order valence-corrected chi connectivity index (χ2v) is 4.65. The molecule has 4 heteroatoms. The quantitative estimate of drug-likeness (QED) is 0.647. The Hall–Kier alpha value is -2.57. The van der Waals surface area contributed by atoms with Gasteiger partial charge in [0.15, 0.2) is 5.58 Å². The fourth-order valence-electron chi connectivity index (χ4n) is 1.89. The van der Waals surface area contributed by atoms with Crippen molar-refractivity contribution >= 4 is 34.3 Å². The normalized spacial score (nSPS) is 11.5. The Labute approximate surface area is 120 Å². The summed E-state index contributed by atoms with van der Waals surface area (Å²) in [5.41, 5.74) is 2.59. The molecule has 3 nitrogen and oxygen atoms in total. The molecule has 96 valence electrons. The van der Waals surface area contributed by atoms with Crippen LogP contribution < -0.4 is 0 Å². The molecule has 3 rings (SSSR count). The molecule has 0 amide bonds. The van der Waals surface area contributed by atoms with Crippen LogP contribution in [-0.2, 0) is 0 Å². The highest BCUT2D eigenvalue weighted by atomic mass is 35.5. The molecular formula is C16H9ClN2O. The van der Waals surface area contributed by atoms with Crippen LogP contribution in [-0.4, -0.2) is 4.98 Å². The van der Waals surface area contributed by atoms with Gasteiger partial charge < -0.3 is 4.42 Å². The SMILES string of the molecule is N#C/C(=C\c1cccc(Cl)c1)c1nc2ccccc2o1. The second-order valence-electron chi connectivity index (χ2n) is 4.21. The van der Waals surface area contributed by atoms with Crippen LogP contribution in [0.4, 0.5) is 0 Å². The first-order chi connectivity index (χ1) is 9.76. The Balaban J connectivity index is 2.07. The van der Waals surface area contributed by atoms with E-state index in [1.807, 2.05) is 36.4 Å². The molecular weight excluding hydrogens is 272 g/mol. The Morgan fingerprint density at radius 3 is 2.80 bits per heavy atom. The number of nitrogens with zero attached hydrogens (tertiary/aromatic N) is 2. The molecule has 1 heterocycles. The lowest BCUT2D eigenvalue weighted by Crippen LogP contribution is -1.81. The van der Waals surface area contributed by atoms with Crippen LogP contribution in [0.2, 0.25) is 5.02 Å². The molecule has 0 saturated carbocycles. The lowest BCUT2D eigenvalue weighted by Gasteiger charge is -1.95. The summed E-state index contributed by atoms with van der Waals surface area (Å²) in [4.78, 5) is 4.31. The molecule has 0 aliphatic heterocycles. The summed E-state index contributed by atoms with van der Waals surface area (Å²) in [5.74, 6) is 0.314. The number of halogens is 1. The molecule has 3 aromatic rings. The first-order valence-electron chi connectivity index (χ1n) is 5.99. The van der Waals surface area contributed by atoms with Crippen LogP contribution in [0, 0.1) is 11.3 Å². The van der Waals surface area contributed by atoms with Gasteiger partial charge in [-0.2, -0.15) is 5.26 Å². The number of allylic oxidation sites excluding steroid dienone is 1. The number of nitriles is 1. The van der Waals surface area contributed by atoms with E-state index in [9.17, 15) is 5.26 Å². The number of hydrogen-bond donors (Lipinski definition) is 0. The summed E-state index contributed by atoms with van der Waals surface area (Å²) in [7, 11) is 0. The summed E-state index contributed by atoms with van der Waals surface area (Å²) >= 11 is 5.93. The topological polar surface area (TPSA) is 49.8 Å². The molecule has 0 aliphatic rings. The highest BCUT2D eigenvalue weighted by Gasteiger charge is 2.10. The van der Waals surface area contributed by atoms with Crippen molar-refractivity contribution in [2.24, 2.45) is 0 Å². The van der Waals surface area contributed by atoms with Crippen LogP contribution in [0.5, 0.6) is 0 Å². The number of rotatable bonds is 2. The van der Waals surface area contributed by atoms with Gasteiger partial charge in [0.1, 0.15) is 17.2 Å². The summed E-state index contributed by atoms with van der Waals surface area (Å²) in [6.07, 6.45) is 1.70. The van der Waals surface area contributed by atoms with E-state index in [1.165, 1.54) is 0 Å². The smallest absolute Gasteiger partial charge is 0.238 e. The molecule has 0 unspecified atom stereocenters. The average Bonchev–Trinajstić information content (AvgIpc) is 2.88. The molecule has 0 bridgehead atoms. The third-order valence-corrected chi connectivity index (χ3v) is 3.04. The Morgan fingerprint density at radius 1 is 1.20 bits per heavy atom. The van der Waals surface area contributed by atoms with Gasteiger partial charge >= 0.3 is 0 Å². The van der Waals surface area contributed by atoms with E-state index < -0.39 is 0 Å². The molecule has 0 atom stereocenters. The first kappa shape index (κ1) is 12.5. The average molecular weight is 281 g/mol. The molecule has 2 aromatic carbocycles. The maximum absolute atomic E-state index is 9.28. The van der Waals surface area contributed by atoms with Gasteiger partial charge in [-0.15, -0.1) is 0 Å². The van der Waals surface area contributed by atoms with E-state index in [0.29, 0.717) is 22.1 Å². The van der Waals surface area contributed by atoms with E-state index in [0.717, 1.165) is 11.1 Å². The lowest BCUT2D eigenvalue weighted by molar-refractivity contribution is 0.586. The highest BCUT2D eigenvalue weighted by molar-refractivity contribution is 6.30. The highest BCUT2D eigenvalue weighted by Crippen LogP contribution is 2.23. The molecule has 0 spiro atoms. The van der Waals surface area contributed by atoms with E-state index in [2.05, 4.69) is 11.1 Å². The zero-order valence-corrected chi connectivity index (χ0v) is 11.1. The minimum atomic E-state index is 0.314. The molecule has 20 heavy (non-hydrogen) atoms. The monoisotopic (exact) mass is 280 g/mol. The summed E-state index contributed by atoms with van der Waals surface area (Å²) in [6.45, 7) is 0. The predicted octanol–water partition coefficient (Wildman–Crippen LogP) is 4.55. The fraction of sp³-hybridized carbons (Fsp3) is 0. The molecule has 0 aliphatic carbocycles. The van der Waals surface area contributed by atoms with E-state index >= 15 is 0 Å². The van der Waals surface area contributed by atoms with Crippen LogP contribution in [0.25, 0.3) is 22.7 Å². The van der Waals surface area contributed by atoms with Gasteiger partial charge in [-0.05, 0) is 35.9 Å². The Morgan fingerprint density at radius 2 is 2.05 bits per heavy atom. The number of benzene rings is 2. The van der Waals surface area contributed by atoms with Crippen molar-refractivity contribution in [1.29, 1.82) is 5.26 Å². The van der Waals surface area contributed by atoms with Gasteiger partial charge in [0.05, 0.1) is 0 Å². The van der Waals surface area contributed by atoms with Crippen molar-refractivity contribution < 1.29 is 4.42 Å². The van der Waals surface area contributed by atoms with Crippen molar-refractivity contribution in [2.75, 3.05) is 0 Å².